The summed E-state index contributed by atoms with van der Waals surface area (Å²) in [7, 11) is 0. The molecule has 3 rings (SSSR count). The molecule has 5 nitrogen and oxygen atoms in total. The second-order valence-corrected chi connectivity index (χ2v) is 5.91. The van der Waals surface area contributed by atoms with Gasteiger partial charge in [0.05, 0.1) is 17.7 Å². The number of nitrogens with zero attached hydrogens (tertiary/aromatic N) is 3. The first kappa shape index (κ1) is 16.0. The second-order valence-electron chi connectivity index (χ2n) is 5.91. The van der Waals surface area contributed by atoms with E-state index in [9.17, 15) is 9.59 Å². The van der Waals surface area contributed by atoms with Crippen LogP contribution in [0.25, 0.3) is 10.8 Å². The Morgan fingerprint density at radius 1 is 1.29 bits per heavy atom. The van der Waals surface area contributed by atoms with E-state index in [0.717, 1.165) is 16.5 Å². The standard InChI is InChI=1S/C19H19N3O2/c1-2-21(11-10-20)19(24)15-12-18(23)22(13-15)17-9-5-7-14-6-3-4-8-16(14)17/h3-9,15H,2,11-13H2,1H3. The quantitative estimate of drug-likeness (QED) is 0.813. The molecule has 0 radical (unpaired) electrons. The number of rotatable bonds is 4. The van der Waals surface area contributed by atoms with Gasteiger partial charge in [0, 0.05) is 24.9 Å². The fourth-order valence-corrected chi connectivity index (χ4v) is 3.24. The molecule has 1 aliphatic heterocycles. The summed E-state index contributed by atoms with van der Waals surface area (Å²) in [4.78, 5) is 28.2. The van der Waals surface area contributed by atoms with Crippen LogP contribution in [0.5, 0.6) is 0 Å². The van der Waals surface area contributed by atoms with Crippen molar-refractivity contribution in [2.45, 2.75) is 13.3 Å². The molecule has 1 atom stereocenters. The average molecular weight is 321 g/mol. The van der Waals surface area contributed by atoms with E-state index in [1.54, 1.807) is 4.90 Å². The van der Waals surface area contributed by atoms with Crippen LogP contribution in [-0.2, 0) is 9.59 Å². The molecule has 0 aromatic heterocycles. The number of nitriles is 1. The summed E-state index contributed by atoms with van der Waals surface area (Å²) in [6.45, 7) is 2.75. The molecule has 0 aliphatic carbocycles. The summed E-state index contributed by atoms with van der Waals surface area (Å²) in [5, 5.41) is 10.9. The third-order valence-electron chi connectivity index (χ3n) is 4.49. The highest BCUT2D eigenvalue weighted by atomic mass is 16.2. The molecule has 2 aromatic rings. The van der Waals surface area contributed by atoms with Gasteiger partial charge in [-0.05, 0) is 18.4 Å². The fraction of sp³-hybridized carbons (Fsp3) is 0.316. The van der Waals surface area contributed by atoms with Crippen LogP contribution in [0, 0.1) is 17.2 Å². The first-order chi connectivity index (χ1) is 11.7. The van der Waals surface area contributed by atoms with Crippen molar-refractivity contribution in [2.75, 3.05) is 24.5 Å². The SMILES string of the molecule is CCN(CC#N)C(=O)C1CC(=O)N(c2cccc3ccccc23)C1. The predicted molar refractivity (Wildman–Crippen MR) is 92.3 cm³/mol. The Hall–Kier alpha value is -2.87. The minimum atomic E-state index is -0.384. The Bertz CT molecular complexity index is 819. The lowest BCUT2D eigenvalue weighted by Crippen LogP contribution is -2.37. The highest BCUT2D eigenvalue weighted by Crippen LogP contribution is 2.32. The number of hydrogen-bond acceptors (Lipinski definition) is 3. The number of anilines is 1. The van der Waals surface area contributed by atoms with Gasteiger partial charge in [0.1, 0.15) is 6.54 Å². The average Bonchev–Trinajstić information content (AvgIpc) is 3.00. The van der Waals surface area contributed by atoms with Gasteiger partial charge in [-0.25, -0.2) is 0 Å². The van der Waals surface area contributed by atoms with Gasteiger partial charge in [-0.15, -0.1) is 0 Å². The lowest BCUT2D eigenvalue weighted by molar-refractivity contribution is -0.135. The Morgan fingerprint density at radius 2 is 2.04 bits per heavy atom. The zero-order valence-corrected chi connectivity index (χ0v) is 13.6. The Balaban J connectivity index is 1.87. The molecule has 0 spiro atoms. The summed E-state index contributed by atoms with van der Waals surface area (Å²) < 4.78 is 0. The monoisotopic (exact) mass is 321 g/mol. The van der Waals surface area contributed by atoms with E-state index in [2.05, 4.69) is 0 Å². The van der Waals surface area contributed by atoms with Crippen molar-refractivity contribution in [1.82, 2.24) is 4.90 Å². The van der Waals surface area contributed by atoms with E-state index in [1.807, 2.05) is 55.5 Å². The summed E-state index contributed by atoms with van der Waals surface area (Å²) in [5.74, 6) is -0.544. The number of fused-ring (bicyclic) bond motifs is 1. The molecular weight excluding hydrogens is 302 g/mol. The van der Waals surface area contributed by atoms with Crippen molar-refractivity contribution in [3.8, 4) is 6.07 Å². The van der Waals surface area contributed by atoms with E-state index < -0.39 is 0 Å². The van der Waals surface area contributed by atoms with Crippen molar-refractivity contribution < 1.29 is 9.59 Å². The van der Waals surface area contributed by atoms with Gasteiger partial charge in [-0.2, -0.15) is 5.26 Å². The Morgan fingerprint density at radius 3 is 2.79 bits per heavy atom. The van der Waals surface area contributed by atoms with Gasteiger partial charge in [-0.3, -0.25) is 9.59 Å². The minimum absolute atomic E-state index is 0.0438. The van der Waals surface area contributed by atoms with Crippen LogP contribution in [0.2, 0.25) is 0 Å². The number of carbonyl (C=O) groups excluding carboxylic acids is 2. The van der Waals surface area contributed by atoms with Crippen LogP contribution in [0.1, 0.15) is 13.3 Å². The van der Waals surface area contributed by atoms with E-state index in [4.69, 9.17) is 5.26 Å². The molecule has 0 bridgehead atoms. The molecule has 0 N–H and O–H groups in total. The molecule has 2 aromatic carbocycles. The van der Waals surface area contributed by atoms with Gasteiger partial charge >= 0.3 is 0 Å². The lowest BCUT2D eigenvalue weighted by Gasteiger charge is -2.22. The molecule has 1 heterocycles. The molecule has 1 fully saturated rings. The fourth-order valence-electron chi connectivity index (χ4n) is 3.24. The Kier molecular flexibility index (Phi) is 4.48. The molecular formula is C19H19N3O2. The van der Waals surface area contributed by atoms with Gasteiger partial charge in [0.15, 0.2) is 0 Å². The first-order valence-corrected chi connectivity index (χ1v) is 8.09. The minimum Gasteiger partial charge on any atom is -0.329 e. The van der Waals surface area contributed by atoms with Gasteiger partial charge in [-0.1, -0.05) is 36.4 Å². The first-order valence-electron chi connectivity index (χ1n) is 8.09. The van der Waals surface area contributed by atoms with Crippen LogP contribution >= 0.6 is 0 Å². The largest absolute Gasteiger partial charge is 0.329 e. The number of benzene rings is 2. The van der Waals surface area contributed by atoms with Gasteiger partial charge in [0.25, 0.3) is 0 Å². The van der Waals surface area contributed by atoms with Crippen LogP contribution in [0.3, 0.4) is 0 Å². The second kappa shape index (κ2) is 6.71. The zero-order valence-electron chi connectivity index (χ0n) is 13.6. The molecule has 1 unspecified atom stereocenters. The van der Waals surface area contributed by atoms with Crippen LogP contribution in [0.4, 0.5) is 5.69 Å². The normalized spacial score (nSPS) is 17.1. The number of carbonyl (C=O) groups is 2. The summed E-state index contributed by atoms with van der Waals surface area (Å²) in [5.41, 5.74) is 0.844. The number of hydrogen-bond donors (Lipinski definition) is 0. The van der Waals surface area contributed by atoms with Crippen molar-refractivity contribution >= 4 is 28.3 Å². The van der Waals surface area contributed by atoms with Crippen LogP contribution in [-0.4, -0.2) is 36.3 Å². The third-order valence-corrected chi connectivity index (χ3v) is 4.49. The van der Waals surface area contributed by atoms with E-state index >= 15 is 0 Å². The molecule has 5 heteroatoms. The van der Waals surface area contributed by atoms with Crippen LogP contribution < -0.4 is 4.90 Å². The predicted octanol–water partition coefficient (Wildman–Crippen LogP) is 2.56. The summed E-state index contributed by atoms with van der Waals surface area (Å²) in [6, 6.07) is 15.8. The molecule has 1 saturated heterocycles. The van der Waals surface area contributed by atoms with Crippen LogP contribution in [0.15, 0.2) is 42.5 Å². The summed E-state index contributed by atoms with van der Waals surface area (Å²) in [6.07, 6.45) is 0.198. The van der Waals surface area contributed by atoms with Crippen molar-refractivity contribution in [3.63, 3.8) is 0 Å². The molecule has 0 saturated carbocycles. The van der Waals surface area contributed by atoms with E-state index in [0.29, 0.717) is 13.1 Å². The summed E-state index contributed by atoms with van der Waals surface area (Å²) >= 11 is 0. The Labute approximate surface area is 141 Å². The zero-order chi connectivity index (χ0) is 17.1. The van der Waals surface area contributed by atoms with Crippen molar-refractivity contribution in [3.05, 3.63) is 42.5 Å². The highest BCUT2D eigenvalue weighted by Gasteiger charge is 2.37. The van der Waals surface area contributed by atoms with Gasteiger partial charge < -0.3 is 9.80 Å². The molecule has 2 amide bonds. The highest BCUT2D eigenvalue weighted by molar-refractivity contribution is 6.07. The molecule has 1 aliphatic rings. The van der Waals surface area contributed by atoms with Gasteiger partial charge in [0.2, 0.25) is 11.8 Å². The maximum Gasteiger partial charge on any atom is 0.228 e. The maximum atomic E-state index is 12.5. The topological polar surface area (TPSA) is 64.4 Å². The lowest BCUT2D eigenvalue weighted by atomic mass is 10.1. The van der Waals surface area contributed by atoms with E-state index in [-0.39, 0.29) is 30.7 Å². The molecule has 122 valence electrons. The number of amides is 2. The third kappa shape index (κ3) is 2.83. The molecule has 24 heavy (non-hydrogen) atoms. The van der Waals surface area contributed by atoms with Crippen molar-refractivity contribution in [1.29, 1.82) is 5.26 Å². The van der Waals surface area contributed by atoms with E-state index in [1.165, 1.54) is 4.90 Å². The maximum absolute atomic E-state index is 12.5. The smallest absolute Gasteiger partial charge is 0.228 e. The van der Waals surface area contributed by atoms with Crippen molar-refractivity contribution in [2.24, 2.45) is 5.92 Å².